The molecule has 5 aliphatic carbocycles. The molecule has 4 saturated carbocycles. The summed E-state index contributed by atoms with van der Waals surface area (Å²) < 4.78 is 40.9. The average molecular weight is 1020 g/mol. The summed E-state index contributed by atoms with van der Waals surface area (Å²) in [6, 6.07) is 0. The van der Waals surface area contributed by atoms with Crippen molar-refractivity contribution in [2.24, 2.45) is 50.2 Å². The number of carbonyl (C=O) groups excluding carboxylic acids is 2. The van der Waals surface area contributed by atoms with Gasteiger partial charge in [0.15, 0.2) is 12.6 Å². The summed E-state index contributed by atoms with van der Waals surface area (Å²) in [4.78, 5) is 28.4. The van der Waals surface area contributed by atoms with Crippen LogP contribution in [0.5, 0.6) is 0 Å². The number of aliphatic hydroxyl groups is 13. The highest BCUT2D eigenvalue weighted by Gasteiger charge is 2.72. The molecule has 0 aromatic rings. The number of hydrogen-bond acceptors (Lipinski definition) is 22. The number of esters is 2. The highest BCUT2D eigenvalue weighted by atomic mass is 16.8. The zero-order chi connectivity index (χ0) is 52.1. The molecule has 13 N–H and O–H groups in total. The van der Waals surface area contributed by atoms with Gasteiger partial charge in [0.05, 0.1) is 56.6 Å². The summed E-state index contributed by atoms with van der Waals surface area (Å²) in [5, 5.41) is 140. The predicted molar refractivity (Wildman–Crippen MR) is 239 cm³/mol. The van der Waals surface area contributed by atoms with Gasteiger partial charge in [0.1, 0.15) is 73.2 Å². The van der Waals surface area contributed by atoms with Crippen molar-refractivity contribution >= 4 is 11.9 Å². The Bertz CT molecular complexity index is 1970. The molecule has 3 heterocycles. The van der Waals surface area contributed by atoms with Crippen LogP contribution in [0.3, 0.4) is 0 Å². The second-order valence-corrected chi connectivity index (χ2v) is 23.4. The van der Waals surface area contributed by atoms with E-state index in [0.717, 1.165) is 5.57 Å². The van der Waals surface area contributed by atoms with Crippen LogP contribution in [0, 0.1) is 50.2 Å². The molecule has 0 aromatic heterocycles. The molecule has 71 heavy (non-hydrogen) atoms. The maximum absolute atomic E-state index is 14.8. The predicted octanol–water partition coefficient (Wildman–Crippen LogP) is -2.76. The Morgan fingerprint density at radius 2 is 1.17 bits per heavy atom. The molecule has 0 spiro atoms. The third-order valence-corrected chi connectivity index (χ3v) is 19.9. The van der Waals surface area contributed by atoms with Crippen molar-refractivity contribution in [3.05, 3.63) is 11.6 Å². The van der Waals surface area contributed by atoms with E-state index >= 15 is 0 Å². The zero-order valence-corrected chi connectivity index (χ0v) is 41.3. The van der Waals surface area contributed by atoms with Crippen LogP contribution in [-0.2, 0) is 42.7 Å². The van der Waals surface area contributed by atoms with E-state index in [-0.39, 0.29) is 37.5 Å². The number of hydrogen-bond donors (Lipinski definition) is 13. The molecule has 0 amide bonds. The summed E-state index contributed by atoms with van der Waals surface area (Å²) in [7, 11) is 1.32. The van der Waals surface area contributed by atoms with E-state index in [4.69, 9.17) is 33.2 Å². The molecule has 22 nitrogen and oxygen atoms in total. The lowest BCUT2D eigenvalue weighted by molar-refractivity contribution is -0.384. The van der Waals surface area contributed by atoms with Crippen molar-refractivity contribution in [1.29, 1.82) is 0 Å². The highest BCUT2D eigenvalue weighted by Crippen LogP contribution is 2.76. The number of rotatable bonds is 11. The van der Waals surface area contributed by atoms with Gasteiger partial charge in [-0.25, -0.2) is 0 Å². The van der Waals surface area contributed by atoms with Crippen molar-refractivity contribution in [1.82, 2.24) is 0 Å². The average Bonchev–Trinajstić information content (AvgIpc) is 3.34. The Kier molecular flexibility index (Phi) is 15.4. The van der Waals surface area contributed by atoms with Gasteiger partial charge in [-0.1, -0.05) is 39.3 Å². The van der Waals surface area contributed by atoms with E-state index in [9.17, 15) is 76.0 Å². The Hall–Kier alpha value is -2.04. The highest BCUT2D eigenvalue weighted by molar-refractivity contribution is 5.81. The third-order valence-electron chi connectivity index (χ3n) is 19.9. The molecule has 8 rings (SSSR count). The lowest BCUT2D eigenvalue weighted by atomic mass is 9.33. The fourth-order valence-corrected chi connectivity index (χ4v) is 15.4. The van der Waals surface area contributed by atoms with Crippen LogP contribution in [0.15, 0.2) is 11.6 Å². The van der Waals surface area contributed by atoms with E-state index in [1.807, 2.05) is 6.92 Å². The number of carbonyl (C=O) groups is 2. The van der Waals surface area contributed by atoms with Crippen LogP contribution in [0.25, 0.3) is 0 Å². The van der Waals surface area contributed by atoms with Crippen LogP contribution >= 0.6 is 0 Å². The van der Waals surface area contributed by atoms with Gasteiger partial charge < -0.3 is 99.5 Å². The number of ether oxygens (including phenoxy) is 7. The van der Waals surface area contributed by atoms with Crippen LogP contribution in [-0.4, -0.2) is 216 Å². The molecule has 0 radical (unpaired) electrons. The first-order valence-corrected chi connectivity index (χ1v) is 25.1. The van der Waals surface area contributed by atoms with Crippen LogP contribution < -0.4 is 0 Å². The minimum absolute atomic E-state index is 0.128. The van der Waals surface area contributed by atoms with Gasteiger partial charge in [0.2, 0.25) is 6.29 Å². The lowest BCUT2D eigenvalue weighted by Crippen LogP contribution is -2.70. The number of allylic oxidation sites excluding steroid dienone is 2. The zero-order valence-electron chi connectivity index (χ0n) is 41.3. The van der Waals surface area contributed by atoms with Gasteiger partial charge >= 0.3 is 11.9 Å². The van der Waals surface area contributed by atoms with Gasteiger partial charge in [-0.3, -0.25) is 9.59 Å². The second-order valence-electron chi connectivity index (χ2n) is 23.4. The van der Waals surface area contributed by atoms with Gasteiger partial charge in [-0.2, -0.15) is 0 Å². The first-order valence-electron chi connectivity index (χ1n) is 25.1. The summed E-state index contributed by atoms with van der Waals surface area (Å²) in [5.74, 6) is -2.12. The number of aliphatic hydroxyl groups excluding tert-OH is 13. The fourth-order valence-electron chi connectivity index (χ4n) is 15.4. The summed E-state index contributed by atoms with van der Waals surface area (Å²) >= 11 is 0. The topological polar surface area (TPSA) is 362 Å². The number of fused-ring (bicyclic) bond motifs is 7. The normalized spacial score (nSPS) is 54.0. The largest absolute Gasteiger partial charge is 0.469 e. The summed E-state index contributed by atoms with van der Waals surface area (Å²) in [6.07, 6.45) is -22.3. The SMILES string of the molecule is COC(=O)C1(C)CCC2(C(=O)OC3OC(CO)C(O)C(O)C3O)CCC3(C)C(=CCC4C5(C)CC(O)C(OC6OC(CO)C(O)C(O)C6OC6OC(CO)C(O)C(O)C6O)C(C)(CO)C5CCC43C)C2C1. The molecule has 406 valence electrons. The van der Waals surface area contributed by atoms with Crippen molar-refractivity contribution in [3.8, 4) is 0 Å². The first kappa shape index (κ1) is 55.2. The molecule has 0 aromatic carbocycles. The fraction of sp³-hybridized carbons (Fsp3) is 0.918. The Morgan fingerprint density at radius 1 is 0.620 bits per heavy atom. The van der Waals surface area contributed by atoms with Crippen molar-refractivity contribution < 1.29 is 109 Å². The standard InChI is InChI=1S/C49H78O22/c1-44(42(63)65-6)11-13-49(43(64)71-40-36(62)33(59)30(56)25(18-51)67-40)14-12-47(4)21(22(49)15-44)7-8-28-45(2)16-23(54)38(46(3,20-53)27(45)9-10-48(28,47)5)70-41-37(34(60)31(57)26(19-52)68-41)69-39-35(61)32(58)29(55)24(17-50)66-39/h7,22-41,50-62H,8-20H2,1-6H3. The quantitative estimate of drug-likeness (QED) is 0.0566. The van der Waals surface area contributed by atoms with E-state index in [1.165, 1.54) is 7.11 Å². The lowest BCUT2D eigenvalue weighted by Gasteiger charge is -2.71. The van der Waals surface area contributed by atoms with E-state index in [1.54, 1.807) is 6.92 Å². The maximum Gasteiger partial charge on any atom is 0.315 e. The maximum atomic E-state index is 14.8. The van der Waals surface area contributed by atoms with Gasteiger partial charge in [-0.05, 0) is 98.7 Å². The van der Waals surface area contributed by atoms with Gasteiger partial charge in [0, 0.05) is 5.41 Å². The number of methoxy groups -OCH3 is 1. The molecule has 26 unspecified atom stereocenters. The van der Waals surface area contributed by atoms with Crippen molar-refractivity contribution in [3.63, 3.8) is 0 Å². The third kappa shape index (κ3) is 8.46. The van der Waals surface area contributed by atoms with Crippen LogP contribution in [0.4, 0.5) is 0 Å². The Balaban J connectivity index is 1.10. The monoisotopic (exact) mass is 1020 g/mol. The van der Waals surface area contributed by atoms with Gasteiger partial charge in [-0.15, -0.1) is 0 Å². The van der Waals surface area contributed by atoms with E-state index < -0.39 is 181 Å². The molecular formula is C49H78O22. The van der Waals surface area contributed by atoms with E-state index in [0.29, 0.717) is 32.1 Å². The Morgan fingerprint density at radius 3 is 1.75 bits per heavy atom. The molecule has 0 bridgehead atoms. The van der Waals surface area contributed by atoms with Gasteiger partial charge in [0.25, 0.3) is 0 Å². The molecule has 26 atom stereocenters. The Labute approximate surface area is 412 Å². The van der Waals surface area contributed by atoms with E-state index in [2.05, 4.69) is 26.8 Å². The van der Waals surface area contributed by atoms with Crippen LogP contribution in [0.1, 0.15) is 92.4 Å². The molecule has 3 aliphatic heterocycles. The van der Waals surface area contributed by atoms with Crippen LogP contribution in [0.2, 0.25) is 0 Å². The first-order chi connectivity index (χ1) is 33.3. The summed E-state index contributed by atoms with van der Waals surface area (Å²) in [6.45, 7) is 7.42. The minimum Gasteiger partial charge on any atom is -0.469 e. The smallest absolute Gasteiger partial charge is 0.315 e. The molecule has 7 fully saturated rings. The molecule has 22 heteroatoms. The van der Waals surface area contributed by atoms with Crippen molar-refractivity contribution in [2.75, 3.05) is 33.5 Å². The molecule has 3 saturated heterocycles. The minimum atomic E-state index is -1.90. The second kappa shape index (κ2) is 19.8. The molecular weight excluding hydrogens is 941 g/mol. The molecule has 8 aliphatic rings. The summed E-state index contributed by atoms with van der Waals surface area (Å²) in [5.41, 5.74) is -4.19. The van der Waals surface area contributed by atoms with Crippen molar-refractivity contribution in [2.45, 2.75) is 197 Å².